The molecule has 0 aromatic heterocycles. The van der Waals surface area contributed by atoms with Gasteiger partial charge in [0.25, 0.3) is 0 Å². The van der Waals surface area contributed by atoms with Crippen molar-refractivity contribution in [1.29, 1.82) is 0 Å². The van der Waals surface area contributed by atoms with E-state index in [1.165, 1.54) is 12.1 Å². The molecule has 0 saturated carbocycles. The predicted octanol–water partition coefficient (Wildman–Crippen LogP) is 6.43. The van der Waals surface area contributed by atoms with Crippen LogP contribution >= 0.6 is 35.6 Å². The van der Waals surface area contributed by atoms with Crippen LogP contribution in [0, 0.1) is 5.82 Å². The van der Waals surface area contributed by atoms with E-state index in [1.54, 1.807) is 19.2 Å². The van der Waals surface area contributed by atoms with Crippen LogP contribution in [0.4, 0.5) is 4.39 Å². The lowest BCUT2D eigenvalue weighted by molar-refractivity contribution is 0.284. The summed E-state index contributed by atoms with van der Waals surface area (Å²) >= 11 is 12.6. The molecule has 0 saturated heterocycles. The van der Waals surface area contributed by atoms with Crippen molar-refractivity contribution < 1.29 is 13.9 Å². The fourth-order valence-corrected chi connectivity index (χ4v) is 3.21. The van der Waals surface area contributed by atoms with Crippen LogP contribution in [0.15, 0.2) is 60.7 Å². The topological polar surface area (TPSA) is 30.5 Å². The van der Waals surface area contributed by atoms with E-state index in [0.717, 1.165) is 16.7 Å². The summed E-state index contributed by atoms with van der Waals surface area (Å²) in [5, 5.41) is 4.41. The maximum atomic E-state index is 13.0. The number of benzene rings is 3. The lowest BCUT2D eigenvalue weighted by atomic mass is 10.1. The molecule has 0 aliphatic rings. The van der Waals surface area contributed by atoms with E-state index < -0.39 is 0 Å². The van der Waals surface area contributed by atoms with Crippen LogP contribution in [-0.2, 0) is 19.7 Å². The van der Waals surface area contributed by atoms with Crippen molar-refractivity contribution in [3.05, 3.63) is 93.2 Å². The molecular weight excluding hydrogens is 436 g/mol. The molecule has 0 bridgehead atoms. The molecule has 0 aliphatic heterocycles. The average Bonchev–Trinajstić information content (AvgIpc) is 2.69. The van der Waals surface area contributed by atoms with E-state index in [2.05, 4.69) is 5.32 Å². The number of methoxy groups -OCH3 is 1. The number of hydrogen-bond acceptors (Lipinski definition) is 3. The molecule has 3 aromatic carbocycles. The largest absolute Gasteiger partial charge is 0.493 e. The highest BCUT2D eigenvalue weighted by molar-refractivity contribution is 6.32. The number of halogens is 4. The number of hydrogen-bond donors (Lipinski definition) is 1. The molecule has 0 spiro atoms. The van der Waals surface area contributed by atoms with E-state index in [-0.39, 0.29) is 24.8 Å². The van der Waals surface area contributed by atoms with E-state index in [4.69, 9.17) is 32.7 Å². The van der Waals surface area contributed by atoms with Crippen molar-refractivity contribution >= 4 is 35.6 Å². The monoisotopic (exact) mass is 455 g/mol. The molecule has 29 heavy (non-hydrogen) atoms. The van der Waals surface area contributed by atoms with Gasteiger partial charge in [-0.3, -0.25) is 0 Å². The van der Waals surface area contributed by atoms with E-state index in [1.807, 2.05) is 36.4 Å². The quantitative estimate of drug-likeness (QED) is 0.423. The van der Waals surface area contributed by atoms with Crippen LogP contribution in [-0.4, -0.2) is 7.11 Å². The molecule has 7 heteroatoms. The molecule has 3 aromatic rings. The minimum atomic E-state index is -0.243. The summed E-state index contributed by atoms with van der Waals surface area (Å²) in [5.41, 5.74) is 2.82. The molecule has 154 valence electrons. The van der Waals surface area contributed by atoms with Gasteiger partial charge in [-0.25, -0.2) is 4.39 Å². The minimum Gasteiger partial charge on any atom is -0.493 e. The highest BCUT2D eigenvalue weighted by atomic mass is 35.5. The summed E-state index contributed by atoms with van der Waals surface area (Å²) in [6.45, 7) is 1.49. The molecule has 0 unspecified atom stereocenters. The predicted molar refractivity (Wildman–Crippen MR) is 118 cm³/mol. The zero-order chi connectivity index (χ0) is 19.9. The number of rotatable bonds is 8. The van der Waals surface area contributed by atoms with Crippen LogP contribution < -0.4 is 14.8 Å². The smallest absolute Gasteiger partial charge is 0.180 e. The molecule has 3 rings (SSSR count). The lowest BCUT2D eigenvalue weighted by Gasteiger charge is -2.15. The Morgan fingerprint density at radius 2 is 1.59 bits per heavy atom. The Bertz CT molecular complexity index is 936. The van der Waals surface area contributed by atoms with Crippen LogP contribution in [0.2, 0.25) is 10.0 Å². The average molecular weight is 457 g/mol. The first-order valence-corrected chi connectivity index (χ1v) is 9.50. The fourth-order valence-electron chi connectivity index (χ4n) is 2.73. The van der Waals surface area contributed by atoms with Crippen molar-refractivity contribution in [2.45, 2.75) is 19.7 Å². The highest BCUT2D eigenvalue weighted by Crippen LogP contribution is 2.37. The van der Waals surface area contributed by atoms with Gasteiger partial charge in [-0.05, 0) is 41.5 Å². The Balaban J connectivity index is 0.00000300. The van der Waals surface area contributed by atoms with Gasteiger partial charge in [0.05, 0.1) is 12.1 Å². The van der Waals surface area contributed by atoms with Gasteiger partial charge in [0.2, 0.25) is 0 Å². The Morgan fingerprint density at radius 3 is 2.28 bits per heavy atom. The lowest BCUT2D eigenvalue weighted by Crippen LogP contribution is -2.13. The summed E-state index contributed by atoms with van der Waals surface area (Å²) in [6, 6.07) is 17.6. The first kappa shape index (κ1) is 23.3. The molecule has 0 amide bonds. The first-order valence-electron chi connectivity index (χ1n) is 8.74. The molecule has 1 N–H and O–H groups in total. The Kier molecular flexibility index (Phi) is 9.05. The second-order valence-corrected chi connectivity index (χ2v) is 7.03. The standard InChI is InChI=1S/C22H20Cl2FNO2.ClH/c1-27-21-11-16(13-26-12-15-6-8-18(25)9-7-15)10-20(24)22(21)28-14-17-4-2-3-5-19(17)23;/h2-11,26H,12-14H2,1H3;1H. The number of nitrogens with one attached hydrogen (secondary N) is 1. The van der Waals surface area contributed by atoms with Crippen molar-refractivity contribution in [1.82, 2.24) is 5.32 Å². The second-order valence-electron chi connectivity index (χ2n) is 6.22. The molecule has 0 aliphatic carbocycles. The third kappa shape index (κ3) is 6.51. The molecular formula is C22H21Cl3FNO2. The molecule has 0 fully saturated rings. The van der Waals surface area contributed by atoms with E-state index in [9.17, 15) is 4.39 Å². The number of ether oxygens (including phenoxy) is 2. The van der Waals surface area contributed by atoms with Crippen LogP contribution in [0.25, 0.3) is 0 Å². The summed E-state index contributed by atoms with van der Waals surface area (Å²) in [4.78, 5) is 0. The van der Waals surface area contributed by atoms with Crippen LogP contribution in [0.1, 0.15) is 16.7 Å². The Labute approximate surface area is 186 Å². The SMILES string of the molecule is COc1cc(CNCc2ccc(F)cc2)cc(Cl)c1OCc1ccccc1Cl.Cl. The summed E-state index contributed by atoms with van der Waals surface area (Å²) in [7, 11) is 1.57. The summed E-state index contributed by atoms with van der Waals surface area (Å²) < 4.78 is 24.3. The van der Waals surface area contributed by atoms with Crippen LogP contribution in [0.5, 0.6) is 11.5 Å². The third-order valence-electron chi connectivity index (χ3n) is 4.19. The molecule has 0 radical (unpaired) electrons. The summed E-state index contributed by atoms with van der Waals surface area (Å²) in [5.74, 6) is 0.789. The summed E-state index contributed by atoms with van der Waals surface area (Å²) in [6.07, 6.45) is 0. The van der Waals surface area contributed by atoms with Gasteiger partial charge in [0, 0.05) is 23.7 Å². The van der Waals surface area contributed by atoms with Gasteiger partial charge >= 0.3 is 0 Å². The molecule has 0 atom stereocenters. The first-order chi connectivity index (χ1) is 13.6. The second kappa shape index (κ2) is 11.3. The van der Waals surface area contributed by atoms with Crippen molar-refractivity contribution in [2.24, 2.45) is 0 Å². The maximum absolute atomic E-state index is 13.0. The Hall–Kier alpha value is -1.98. The van der Waals surface area contributed by atoms with Gasteiger partial charge in [-0.15, -0.1) is 12.4 Å². The zero-order valence-electron chi connectivity index (χ0n) is 15.8. The third-order valence-corrected chi connectivity index (χ3v) is 4.84. The van der Waals surface area contributed by atoms with E-state index in [0.29, 0.717) is 34.6 Å². The maximum Gasteiger partial charge on any atom is 0.180 e. The normalized spacial score (nSPS) is 10.3. The zero-order valence-corrected chi connectivity index (χ0v) is 18.1. The Morgan fingerprint density at radius 1 is 0.897 bits per heavy atom. The fraction of sp³-hybridized carbons (Fsp3) is 0.182. The minimum absolute atomic E-state index is 0. The molecule has 0 heterocycles. The van der Waals surface area contributed by atoms with Gasteiger partial charge in [0.1, 0.15) is 12.4 Å². The van der Waals surface area contributed by atoms with Crippen molar-refractivity contribution in [2.75, 3.05) is 7.11 Å². The van der Waals surface area contributed by atoms with Gasteiger partial charge in [0.15, 0.2) is 11.5 Å². The molecule has 3 nitrogen and oxygen atoms in total. The van der Waals surface area contributed by atoms with Crippen LogP contribution in [0.3, 0.4) is 0 Å². The van der Waals surface area contributed by atoms with Gasteiger partial charge < -0.3 is 14.8 Å². The van der Waals surface area contributed by atoms with Gasteiger partial charge in [-0.1, -0.05) is 53.5 Å². The van der Waals surface area contributed by atoms with E-state index >= 15 is 0 Å². The van der Waals surface area contributed by atoms with Gasteiger partial charge in [-0.2, -0.15) is 0 Å². The highest BCUT2D eigenvalue weighted by Gasteiger charge is 2.13. The van der Waals surface area contributed by atoms with Crippen molar-refractivity contribution in [3.63, 3.8) is 0 Å². The van der Waals surface area contributed by atoms with Crippen molar-refractivity contribution in [3.8, 4) is 11.5 Å².